The molecule has 1 saturated carbocycles. The summed E-state index contributed by atoms with van der Waals surface area (Å²) in [5, 5.41) is 8.83. The summed E-state index contributed by atoms with van der Waals surface area (Å²) < 4.78 is 5.20. The van der Waals surface area contributed by atoms with Gasteiger partial charge < -0.3 is 19.4 Å². The van der Waals surface area contributed by atoms with Gasteiger partial charge in [0, 0.05) is 45.2 Å². The Labute approximate surface area is 189 Å². The quantitative estimate of drug-likeness (QED) is 0.662. The summed E-state index contributed by atoms with van der Waals surface area (Å²) in [5.41, 5.74) is 1.79. The molecule has 1 aliphatic carbocycles. The van der Waals surface area contributed by atoms with E-state index in [1.165, 1.54) is 0 Å². The number of amides is 2. The number of rotatable bonds is 7. The highest BCUT2D eigenvalue weighted by Gasteiger charge is 2.28. The molecule has 0 spiro atoms. The highest BCUT2D eigenvalue weighted by molar-refractivity contribution is 5.84. The highest BCUT2D eigenvalue weighted by Crippen LogP contribution is 2.29. The minimum atomic E-state index is -0.0195. The fourth-order valence-corrected chi connectivity index (χ4v) is 3.99. The van der Waals surface area contributed by atoms with Crippen molar-refractivity contribution in [2.24, 2.45) is 5.92 Å². The van der Waals surface area contributed by atoms with Gasteiger partial charge in [-0.25, -0.2) is 0 Å². The Kier molecular flexibility index (Phi) is 6.87. The van der Waals surface area contributed by atoms with E-state index in [2.05, 4.69) is 15.1 Å². The molecule has 0 radical (unpaired) electrons. The summed E-state index contributed by atoms with van der Waals surface area (Å²) in [6.45, 7) is 5.27. The zero-order chi connectivity index (χ0) is 22.5. The Hall–Kier alpha value is -3.16. The van der Waals surface area contributed by atoms with Crippen molar-refractivity contribution in [2.45, 2.75) is 26.2 Å². The average Bonchev–Trinajstić information content (AvgIpc) is 3.65. The van der Waals surface area contributed by atoms with Crippen LogP contribution in [0.25, 0.3) is 11.3 Å². The average molecular weight is 438 g/mol. The predicted octanol–water partition coefficient (Wildman–Crippen LogP) is 2.45. The fourth-order valence-electron chi connectivity index (χ4n) is 3.99. The van der Waals surface area contributed by atoms with E-state index in [9.17, 15) is 9.59 Å². The molecule has 8 nitrogen and oxygen atoms in total. The highest BCUT2D eigenvalue weighted by atomic mass is 16.5. The Morgan fingerprint density at radius 1 is 1.03 bits per heavy atom. The molecule has 1 aromatic heterocycles. The molecule has 2 fully saturated rings. The van der Waals surface area contributed by atoms with E-state index in [0.29, 0.717) is 32.1 Å². The molecule has 2 amide bonds. The topological polar surface area (TPSA) is 78.9 Å². The predicted molar refractivity (Wildman–Crippen MR) is 122 cm³/mol. The number of carbonyl (C=O) groups is 2. The minimum Gasteiger partial charge on any atom is -0.497 e. The molecule has 2 aromatic rings. The number of methoxy groups -OCH3 is 1. The summed E-state index contributed by atoms with van der Waals surface area (Å²) in [6, 6.07) is 11.7. The van der Waals surface area contributed by atoms with Crippen LogP contribution in [-0.2, 0) is 9.59 Å². The molecule has 2 heterocycles. The molecule has 170 valence electrons. The zero-order valence-corrected chi connectivity index (χ0v) is 18.9. The first-order valence-electron chi connectivity index (χ1n) is 11.3. The Bertz CT molecular complexity index is 928. The molecule has 1 aliphatic heterocycles. The molecule has 2 aliphatic rings. The molecular formula is C24H31N5O3. The van der Waals surface area contributed by atoms with Crippen molar-refractivity contribution in [3.63, 3.8) is 0 Å². The number of hydrogen-bond donors (Lipinski definition) is 0. The van der Waals surface area contributed by atoms with Crippen LogP contribution in [0.3, 0.4) is 0 Å². The van der Waals surface area contributed by atoms with Crippen molar-refractivity contribution in [3.05, 3.63) is 36.4 Å². The van der Waals surface area contributed by atoms with Crippen LogP contribution < -0.4 is 9.64 Å². The number of nitrogens with zero attached hydrogens (tertiary/aromatic N) is 5. The van der Waals surface area contributed by atoms with Crippen LogP contribution in [0.2, 0.25) is 0 Å². The first-order chi connectivity index (χ1) is 15.5. The van der Waals surface area contributed by atoms with Gasteiger partial charge in [0.25, 0.3) is 0 Å². The Balaban J connectivity index is 1.34. The maximum absolute atomic E-state index is 12.8. The Morgan fingerprint density at radius 3 is 2.44 bits per heavy atom. The lowest BCUT2D eigenvalue weighted by atomic mass is 10.1. The van der Waals surface area contributed by atoms with E-state index in [4.69, 9.17) is 4.74 Å². The lowest BCUT2D eigenvalue weighted by molar-refractivity contribution is -0.139. The third-order valence-corrected chi connectivity index (χ3v) is 6.16. The van der Waals surface area contributed by atoms with Crippen molar-refractivity contribution in [2.75, 3.05) is 51.3 Å². The smallest absolute Gasteiger partial charge is 0.242 e. The monoisotopic (exact) mass is 437 g/mol. The van der Waals surface area contributed by atoms with Gasteiger partial charge in [-0.2, -0.15) is 0 Å². The number of ether oxygens (including phenoxy) is 1. The molecule has 1 aromatic carbocycles. The number of aromatic nitrogens is 2. The van der Waals surface area contributed by atoms with Crippen LogP contribution in [0.15, 0.2) is 36.4 Å². The summed E-state index contributed by atoms with van der Waals surface area (Å²) >= 11 is 0. The first-order valence-corrected chi connectivity index (χ1v) is 11.3. The molecule has 4 rings (SSSR count). The van der Waals surface area contributed by atoms with E-state index in [1.54, 1.807) is 18.9 Å². The van der Waals surface area contributed by atoms with Crippen molar-refractivity contribution in [1.82, 2.24) is 20.0 Å². The second kappa shape index (κ2) is 9.97. The van der Waals surface area contributed by atoms with Gasteiger partial charge in [-0.15, -0.1) is 10.2 Å². The Morgan fingerprint density at radius 2 is 1.81 bits per heavy atom. The van der Waals surface area contributed by atoms with Crippen molar-refractivity contribution >= 4 is 17.6 Å². The second-order valence-corrected chi connectivity index (χ2v) is 8.57. The zero-order valence-electron chi connectivity index (χ0n) is 18.9. The van der Waals surface area contributed by atoms with E-state index in [1.807, 2.05) is 41.3 Å². The summed E-state index contributed by atoms with van der Waals surface area (Å²) in [7, 11) is 1.65. The van der Waals surface area contributed by atoms with Crippen LogP contribution in [0, 0.1) is 5.92 Å². The number of hydrogen-bond acceptors (Lipinski definition) is 6. The van der Waals surface area contributed by atoms with Crippen LogP contribution in [0.5, 0.6) is 5.75 Å². The van der Waals surface area contributed by atoms with Crippen LogP contribution in [0.1, 0.15) is 26.2 Å². The SMILES string of the molecule is COc1ccc(-c2ccc(N3CCCN(C(=O)CN(CC4CC4)C(C)=O)CC3)nn2)cc1. The van der Waals surface area contributed by atoms with Gasteiger partial charge in [-0.1, -0.05) is 0 Å². The summed E-state index contributed by atoms with van der Waals surface area (Å²) in [5.74, 6) is 2.21. The molecule has 0 N–H and O–H groups in total. The van der Waals surface area contributed by atoms with Gasteiger partial charge in [-0.3, -0.25) is 9.59 Å². The first kappa shape index (κ1) is 22.0. The molecule has 0 atom stereocenters. The van der Waals surface area contributed by atoms with Gasteiger partial charge >= 0.3 is 0 Å². The van der Waals surface area contributed by atoms with E-state index in [0.717, 1.165) is 48.6 Å². The van der Waals surface area contributed by atoms with Crippen molar-refractivity contribution in [3.8, 4) is 17.0 Å². The second-order valence-electron chi connectivity index (χ2n) is 8.57. The van der Waals surface area contributed by atoms with E-state index in [-0.39, 0.29) is 18.4 Å². The standard InChI is InChI=1S/C24H31N5O3/c1-18(30)29(16-19-4-5-19)17-24(31)28-13-3-12-27(14-15-28)23-11-10-22(25-26-23)20-6-8-21(32-2)9-7-20/h6-11,19H,3-5,12-17H2,1-2H3. The van der Waals surface area contributed by atoms with Gasteiger partial charge in [0.05, 0.1) is 19.3 Å². The number of anilines is 1. The molecule has 1 saturated heterocycles. The molecule has 8 heteroatoms. The van der Waals surface area contributed by atoms with Gasteiger partial charge in [0.15, 0.2) is 5.82 Å². The van der Waals surface area contributed by atoms with E-state index >= 15 is 0 Å². The fraction of sp³-hybridized carbons (Fsp3) is 0.500. The third-order valence-electron chi connectivity index (χ3n) is 6.16. The number of benzene rings is 1. The maximum atomic E-state index is 12.8. The van der Waals surface area contributed by atoms with Crippen LogP contribution in [0.4, 0.5) is 5.82 Å². The van der Waals surface area contributed by atoms with Crippen LogP contribution in [-0.4, -0.2) is 78.2 Å². The third kappa shape index (κ3) is 5.55. The molecular weight excluding hydrogens is 406 g/mol. The van der Waals surface area contributed by atoms with Gasteiger partial charge in [0.2, 0.25) is 11.8 Å². The molecule has 0 bridgehead atoms. The maximum Gasteiger partial charge on any atom is 0.242 e. The van der Waals surface area contributed by atoms with Crippen molar-refractivity contribution in [1.29, 1.82) is 0 Å². The van der Waals surface area contributed by atoms with Gasteiger partial charge in [-0.05, 0) is 61.6 Å². The summed E-state index contributed by atoms with van der Waals surface area (Å²) in [6.07, 6.45) is 3.18. The van der Waals surface area contributed by atoms with Crippen LogP contribution >= 0.6 is 0 Å². The molecule has 32 heavy (non-hydrogen) atoms. The lowest BCUT2D eigenvalue weighted by Crippen LogP contribution is -2.44. The normalized spacial score (nSPS) is 16.4. The lowest BCUT2D eigenvalue weighted by Gasteiger charge is -2.26. The van der Waals surface area contributed by atoms with Crippen molar-refractivity contribution < 1.29 is 14.3 Å². The molecule has 0 unspecified atom stereocenters. The van der Waals surface area contributed by atoms with Gasteiger partial charge in [0.1, 0.15) is 5.75 Å². The van der Waals surface area contributed by atoms with E-state index < -0.39 is 0 Å². The number of carbonyl (C=O) groups excluding carboxylic acids is 2. The minimum absolute atomic E-state index is 0.0195. The largest absolute Gasteiger partial charge is 0.497 e. The summed E-state index contributed by atoms with van der Waals surface area (Å²) in [4.78, 5) is 30.5.